The Labute approximate surface area is 132 Å². The lowest BCUT2D eigenvalue weighted by Crippen LogP contribution is -2.13. The summed E-state index contributed by atoms with van der Waals surface area (Å²) in [4.78, 5) is 28.9. The number of benzene rings is 1. The van der Waals surface area contributed by atoms with E-state index < -0.39 is 11.6 Å². The van der Waals surface area contributed by atoms with Crippen LogP contribution in [0.25, 0.3) is 0 Å². The Bertz CT molecular complexity index is 885. The summed E-state index contributed by atoms with van der Waals surface area (Å²) < 4.78 is 15.3. The molecule has 0 aliphatic carbocycles. The van der Waals surface area contributed by atoms with Crippen LogP contribution >= 0.6 is 0 Å². The first-order valence-corrected chi connectivity index (χ1v) is 6.99. The molecule has 114 valence electrons. The Morgan fingerprint density at radius 2 is 1.65 bits per heavy atom. The molecule has 2 heterocycles. The summed E-state index contributed by atoms with van der Waals surface area (Å²) in [5.41, 5.74) is 1.01. The van der Waals surface area contributed by atoms with Gasteiger partial charge in [0.2, 0.25) is 11.6 Å². The zero-order valence-corrected chi connectivity index (χ0v) is 12.4. The fraction of sp³-hybridized carbons (Fsp3) is 0.0556. The fourth-order valence-corrected chi connectivity index (χ4v) is 2.40. The second-order valence-electron chi connectivity index (χ2n) is 5.04. The van der Waals surface area contributed by atoms with Crippen LogP contribution in [-0.2, 0) is 7.05 Å². The first-order chi connectivity index (χ1) is 11.1. The van der Waals surface area contributed by atoms with Gasteiger partial charge >= 0.3 is 0 Å². The zero-order chi connectivity index (χ0) is 16.4. The average molecular weight is 308 g/mol. The molecule has 0 N–H and O–H groups in total. The monoisotopic (exact) mass is 308 g/mol. The maximum absolute atomic E-state index is 13.8. The van der Waals surface area contributed by atoms with Crippen LogP contribution in [0.4, 0.5) is 4.39 Å². The molecule has 23 heavy (non-hydrogen) atoms. The summed E-state index contributed by atoms with van der Waals surface area (Å²) in [6.45, 7) is 0. The molecule has 0 amide bonds. The molecule has 2 aromatic heterocycles. The van der Waals surface area contributed by atoms with E-state index in [0.29, 0.717) is 11.3 Å². The maximum Gasteiger partial charge on any atom is 0.212 e. The SMILES string of the molecule is Cn1c(C(=O)c2cccnc2)ccc1C(=O)c1ccccc1F. The van der Waals surface area contributed by atoms with Crippen molar-refractivity contribution in [3.8, 4) is 0 Å². The summed E-state index contributed by atoms with van der Waals surface area (Å²) in [6.07, 6.45) is 3.04. The van der Waals surface area contributed by atoms with Crippen LogP contribution in [0.1, 0.15) is 32.1 Å². The van der Waals surface area contributed by atoms with E-state index in [-0.39, 0.29) is 17.0 Å². The molecular weight excluding hydrogens is 295 g/mol. The van der Waals surface area contributed by atoms with Crippen molar-refractivity contribution >= 4 is 11.6 Å². The second kappa shape index (κ2) is 5.96. The van der Waals surface area contributed by atoms with Crippen LogP contribution in [0.3, 0.4) is 0 Å². The normalized spacial score (nSPS) is 10.5. The van der Waals surface area contributed by atoms with Gasteiger partial charge in [0.1, 0.15) is 5.82 Å². The fourth-order valence-electron chi connectivity index (χ4n) is 2.40. The number of halogens is 1. The minimum Gasteiger partial charge on any atom is -0.338 e. The van der Waals surface area contributed by atoms with Crippen molar-refractivity contribution in [2.75, 3.05) is 0 Å². The zero-order valence-electron chi connectivity index (χ0n) is 12.4. The first kappa shape index (κ1) is 14.8. The van der Waals surface area contributed by atoms with Gasteiger partial charge in [-0.05, 0) is 36.4 Å². The number of hydrogen-bond acceptors (Lipinski definition) is 3. The summed E-state index contributed by atoms with van der Waals surface area (Å²) in [5, 5.41) is 0. The van der Waals surface area contributed by atoms with Crippen molar-refractivity contribution in [1.29, 1.82) is 0 Å². The smallest absolute Gasteiger partial charge is 0.212 e. The lowest BCUT2D eigenvalue weighted by molar-refractivity contribution is 0.102. The third-order valence-corrected chi connectivity index (χ3v) is 3.63. The maximum atomic E-state index is 13.8. The third-order valence-electron chi connectivity index (χ3n) is 3.63. The predicted octanol–water partition coefficient (Wildman–Crippen LogP) is 3.02. The lowest BCUT2D eigenvalue weighted by atomic mass is 10.1. The number of hydrogen-bond donors (Lipinski definition) is 0. The molecule has 0 aliphatic heterocycles. The van der Waals surface area contributed by atoms with Gasteiger partial charge in [-0.1, -0.05) is 12.1 Å². The number of rotatable bonds is 4. The van der Waals surface area contributed by atoms with E-state index in [1.807, 2.05) is 0 Å². The van der Waals surface area contributed by atoms with Crippen LogP contribution in [0, 0.1) is 5.82 Å². The number of aromatic nitrogens is 2. The molecule has 0 bridgehead atoms. The largest absolute Gasteiger partial charge is 0.338 e. The van der Waals surface area contributed by atoms with E-state index in [2.05, 4.69) is 4.98 Å². The van der Waals surface area contributed by atoms with Gasteiger partial charge in [0.05, 0.1) is 17.0 Å². The van der Waals surface area contributed by atoms with Gasteiger partial charge in [-0.15, -0.1) is 0 Å². The predicted molar refractivity (Wildman–Crippen MR) is 82.9 cm³/mol. The molecule has 0 saturated carbocycles. The molecule has 0 atom stereocenters. The first-order valence-electron chi connectivity index (χ1n) is 6.99. The van der Waals surface area contributed by atoms with Gasteiger partial charge < -0.3 is 4.57 Å². The van der Waals surface area contributed by atoms with Crippen molar-refractivity contribution < 1.29 is 14.0 Å². The van der Waals surface area contributed by atoms with E-state index in [9.17, 15) is 14.0 Å². The number of pyridine rings is 1. The van der Waals surface area contributed by atoms with Gasteiger partial charge in [-0.2, -0.15) is 0 Å². The number of nitrogens with zero attached hydrogens (tertiary/aromatic N) is 2. The Morgan fingerprint density at radius 1 is 0.957 bits per heavy atom. The lowest BCUT2D eigenvalue weighted by Gasteiger charge is -2.07. The van der Waals surface area contributed by atoms with Crippen molar-refractivity contribution in [1.82, 2.24) is 9.55 Å². The molecule has 3 rings (SSSR count). The second-order valence-corrected chi connectivity index (χ2v) is 5.04. The quantitative estimate of drug-likeness (QED) is 0.696. The Balaban J connectivity index is 1.99. The van der Waals surface area contributed by atoms with Gasteiger partial charge in [0.25, 0.3) is 0 Å². The highest BCUT2D eigenvalue weighted by Crippen LogP contribution is 2.17. The van der Waals surface area contributed by atoms with Gasteiger partial charge in [0, 0.05) is 25.0 Å². The van der Waals surface area contributed by atoms with Crippen molar-refractivity contribution in [2.45, 2.75) is 0 Å². The minimum atomic E-state index is -0.584. The van der Waals surface area contributed by atoms with E-state index in [4.69, 9.17) is 0 Å². The molecular formula is C18H13FN2O2. The van der Waals surface area contributed by atoms with Crippen LogP contribution in [-0.4, -0.2) is 21.1 Å². The Morgan fingerprint density at radius 3 is 2.30 bits per heavy atom. The van der Waals surface area contributed by atoms with Crippen molar-refractivity contribution in [3.05, 3.63) is 89.3 Å². The van der Waals surface area contributed by atoms with Gasteiger partial charge in [-0.25, -0.2) is 4.39 Å². The van der Waals surface area contributed by atoms with E-state index in [0.717, 1.165) is 0 Å². The molecule has 0 radical (unpaired) electrons. The number of carbonyl (C=O) groups is 2. The highest BCUT2D eigenvalue weighted by atomic mass is 19.1. The molecule has 0 saturated heterocycles. The molecule has 0 aliphatic rings. The third kappa shape index (κ3) is 2.68. The Hall–Kier alpha value is -3.08. The standard InChI is InChI=1S/C18H13FN2O2/c1-21-15(17(22)12-5-4-10-20-11-12)8-9-16(21)18(23)13-6-2-3-7-14(13)19/h2-11H,1H3. The molecule has 0 spiro atoms. The van der Waals surface area contributed by atoms with Crippen LogP contribution in [0.5, 0.6) is 0 Å². The molecule has 4 nitrogen and oxygen atoms in total. The molecule has 1 aromatic carbocycles. The highest BCUT2D eigenvalue weighted by Gasteiger charge is 2.21. The Kier molecular flexibility index (Phi) is 3.85. The van der Waals surface area contributed by atoms with Gasteiger partial charge in [0.15, 0.2) is 0 Å². The van der Waals surface area contributed by atoms with Crippen LogP contribution < -0.4 is 0 Å². The van der Waals surface area contributed by atoms with Crippen molar-refractivity contribution in [3.63, 3.8) is 0 Å². The molecule has 0 unspecified atom stereocenters. The summed E-state index contributed by atoms with van der Waals surface area (Å²) in [6, 6.07) is 12.2. The topological polar surface area (TPSA) is 52.0 Å². The summed E-state index contributed by atoms with van der Waals surface area (Å²) >= 11 is 0. The number of ketones is 2. The van der Waals surface area contributed by atoms with Crippen molar-refractivity contribution in [2.24, 2.45) is 7.05 Å². The average Bonchev–Trinajstić information content (AvgIpc) is 2.96. The molecule has 5 heteroatoms. The van der Waals surface area contributed by atoms with Crippen LogP contribution in [0.2, 0.25) is 0 Å². The van der Waals surface area contributed by atoms with E-state index in [1.165, 1.54) is 35.0 Å². The minimum absolute atomic E-state index is 0.0194. The van der Waals surface area contributed by atoms with Crippen LogP contribution in [0.15, 0.2) is 60.9 Å². The molecule has 0 fully saturated rings. The molecule has 3 aromatic rings. The number of carbonyl (C=O) groups excluding carboxylic acids is 2. The summed E-state index contributed by atoms with van der Waals surface area (Å²) in [7, 11) is 1.61. The van der Waals surface area contributed by atoms with E-state index >= 15 is 0 Å². The van der Waals surface area contributed by atoms with E-state index in [1.54, 1.807) is 37.5 Å². The summed E-state index contributed by atoms with van der Waals surface area (Å²) in [5.74, 6) is -1.29. The highest BCUT2D eigenvalue weighted by molar-refractivity contribution is 6.12. The van der Waals surface area contributed by atoms with Gasteiger partial charge in [-0.3, -0.25) is 14.6 Å².